The van der Waals surface area contributed by atoms with Crippen molar-refractivity contribution in [3.05, 3.63) is 41.6 Å². The fraction of sp³-hybridized carbons (Fsp3) is 0.389. The third kappa shape index (κ3) is 4.98. The van der Waals surface area contributed by atoms with Gasteiger partial charge in [0.25, 0.3) is 0 Å². The average molecular weight is 362 g/mol. The monoisotopic (exact) mass is 362 g/mol. The smallest absolute Gasteiger partial charge is 0.347 e. The van der Waals surface area contributed by atoms with Gasteiger partial charge in [0.2, 0.25) is 0 Å². The number of esters is 2. The van der Waals surface area contributed by atoms with E-state index in [0.717, 1.165) is 0 Å². The summed E-state index contributed by atoms with van der Waals surface area (Å²) in [6.07, 6.45) is -0.848. The molecular weight excluding hydrogens is 340 g/mol. The second-order valence-electron chi connectivity index (χ2n) is 5.61. The Kier molecular flexibility index (Phi) is 6.60. The molecule has 140 valence electrons. The molecule has 2 atom stereocenters. The lowest BCUT2D eigenvalue weighted by molar-refractivity contribution is -0.150. The summed E-state index contributed by atoms with van der Waals surface area (Å²) in [4.78, 5) is 35.9. The van der Waals surface area contributed by atoms with Crippen LogP contribution in [0.2, 0.25) is 0 Å². The second-order valence-corrected chi connectivity index (χ2v) is 5.61. The number of carbonyl (C=O) groups excluding carboxylic acids is 3. The van der Waals surface area contributed by atoms with Gasteiger partial charge in [-0.2, -0.15) is 0 Å². The van der Waals surface area contributed by atoms with Gasteiger partial charge in [0, 0.05) is 0 Å². The van der Waals surface area contributed by atoms with Crippen molar-refractivity contribution in [1.29, 1.82) is 0 Å². The van der Waals surface area contributed by atoms with Crippen molar-refractivity contribution in [2.75, 3.05) is 13.2 Å². The molecule has 0 bridgehead atoms. The van der Waals surface area contributed by atoms with Gasteiger partial charge >= 0.3 is 18.0 Å². The number of hydrogen-bond donors (Lipinski definition) is 2. The van der Waals surface area contributed by atoms with Gasteiger partial charge in [-0.1, -0.05) is 18.2 Å². The first-order valence-electron chi connectivity index (χ1n) is 8.28. The topological polar surface area (TPSA) is 103 Å². The van der Waals surface area contributed by atoms with Crippen LogP contribution in [0.4, 0.5) is 4.79 Å². The molecule has 0 spiro atoms. The summed E-state index contributed by atoms with van der Waals surface area (Å²) >= 11 is 0. The summed E-state index contributed by atoms with van der Waals surface area (Å²) in [5.41, 5.74) is 0.413. The van der Waals surface area contributed by atoms with E-state index in [1.807, 2.05) is 6.07 Å². The van der Waals surface area contributed by atoms with Crippen LogP contribution in [0, 0.1) is 0 Å². The summed E-state index contributed by atoms with van der Waals surface area (Å²) in [5.74, 6) is -0.663. The number of para-hydroxylation sites is 1. The number of ether oxygens (including phenoxy) is 3. The van der Waals surface area contributed by atoms with Crippen LogP contribution in [-0.4, -0.2) is 43.3 Å². The average Bonchev–Trinajstić information content (AvgIpc) is 2.60. The number of rotatable bonds is 7. The molecule has 1 aromatic rings. The lowest BCUT2D eigenvalue weighted by Crippen LogP contribution is -2.50. The molecule has 1 aromatic carbocycles. The second kappa shape index (κ2) is 8.89. The maximum atomic E-state index is 12.1. The third-order valence-electron chi connectivity index (χ3n) is 3.61. The molecule has 2 amide bonds. The maximum absolute atomic E-state index is 12.1. The third-order valence-corrected chi connectivity index (χ3v) is 3.61. The maximum Gasteiger partial charge on any atom is 0.347 e. The summed E-state index contributed by atoms with van der Waals surface area (Å²) in [5, 5.41) is 5.06. The van der Waals surface area contributed by atoms with E-state index >= 15 is 0 Å². The number of carbonyl (C=O) groups is 3. The van der Waals surface area contributed by atoms with E-state index < -0.39 is 30.1 Å². The molecule has 0 saturated carbocycles. The zero-order valence-corrected chi connectivity index (χ0v) is 14.9. The number of benzene rings is 1. The van der Waals surface area contributed by atoms with E-state index in [4.69, 9.17) is 14.2 Å². The van der Waals surface area contributed by atoms with Crippen molar-refractivity contribution in [2.24, 2.45) is 0 Å². The minimum atomic E-state index is -0.848. The zero-order valence-electron chi connectivity index (χ0n) is 14.9. The molecule has 0 unspecified atom stereocenters. The SMILES string of the molecule is CCOC(=O)C1=C(COC(=O)[C@H](C)Oc2ccccc2)NC(=O)N[C@@H]1C. The van der Waals surface area contributed by atoms with E-state index in [-0.39, 0.29) is 24.5 Å². The first kappa shape index (κ1) is 19.3. The Labute approximate surface area is 151 Å². The molecule has 2 N–H and O–H groups in total. The minimum Gasteiger partial charge on any atom is -0.479 e. The highest BCUT2D eigenvalue weighted by Crippen LogP contribution is 2.16. The van der Waals surface area contributed by atoms with Crippen molar-refractivity contribution < 1.29 is 28.6 Å². The largest absolute Gasteiger partial charge is 0.479 e. The van der Waals surface area contributed by atoms with E-state index in [9.17, 15) is 14.4 Å². The number of hydrogen-bond acceptors (Lipinski definition) is 6. The highest BCUT2D eigenvalue weighted by Gasteiger charge is 2.30. The molecule has 1 heterocycles. The molecule has 0 aromatic heterocycles. The standard InChI is InChI=1S/C18H22N2O6/c1-4-24-17(22)15-11(2)19-18(23)20-14(15)10-25-16(21)12(3)26-13-8-6-5-7-9-13/h5-9,11-12H,4,10H2,1-3H3,(H2,19,20,23)/t11-,12+/m1/s1. The molecule has 0 saturated heterocycles. The molecular formula is C18H22N2O6. The fourth-order valence-electron chi connectivity index (χ4n) is 2.41. The van der Waals surface area contributed by atoms with Crippen LogP contribution in [0.15, 0.2) is 41.6 Å². The van der Waals surface area contributed by atoms with Gasteiger partial charge in [0.05, 0.1) is 23.9 Å². The Morgan fingerprint density at radius 3 is 2.54 bits per heavy atom. The minimum absolute atomic E-state index is 0.192. The normalized spacial score (nSPS) is 17.7. The van der Waals surface area contributed by atoms with E-state index in [1.54, 1.807) is 45.0 Å². The van der Waals surface area contributed by atoms with Crippen molar-refractivity contribution in [2.45, 2.75) is 32.9 Å². The first-order valence-corrected chi connectivity index (χ1v) is 8.28. The zero-order chi connectivity index (χ0) is 19.1. The lowest BCUT2D eigenvalue weighted by Gasteiger charge is -2.26. The predicted molar refractivity (Wildman–Crippen MR) is 92.3 cm³/mol. The summed E-state index contributed by atoms with van der Waals surface area (Å²) < 4.78 is 15.7. The van der Waals surface area contributed by atoms with Gasteiger partial charge in [-0.25, -0.2) is 14.4 Å². The Morgan fingerprint density at radius 1 is 1.19 bits per heavy atom. The summed E-state index contributed by atoms with van der Waals surface area (Å²) in [6, 6.07) is 7.81. The molecule has 0 aliphatic carbocycles. The Morgan fingerprint density at radius 2 is 1.88 bits per heavy atom. The molecule has 0 radical (unpaired) electrons. The highest BCUT2D eigenvalue weighted by atomic mass is 16.6. The van der Waals surface area contributed by atoms with Crippen LogP contribution in [0.1, 0.15) is 20.8 Å². The molecule has 8 nitrogen and oxygen atoms in total. The number of urea groups is 1. The molecule has 0 fully saturated rings. The highest BCUT2D eigenvalue weighted by molar-refractivity contribution is 5.94. The number of amides is 2. The van der Waals surface area contributed by atoms with Crippen molar-refractivity contribution in [1.82, 2.24) is 10.6 Å². The predicted octanol–water partition coefficient (Wildman–Crippen LogP) is 1.52. The molecule has 2 rings (SSSR count). The van der Waals surface area contributed by atoms with Crippen LogP contribution >= 0.6 is 0 Å². The van der Waals surface area contributed by atoms with Gasteiger partial charge in [-0.3, -0.25) is 0 Å². The molecule has 1 aliphatic rings. The lowest BCUT2D eigenvalue weighted by atomic mass is 10.0. The quantitative estimate of drug-likeness (QED) is 0.713. The van der Waals surface area contributed by atoms with Gasteiger partial charge in [0.1, 0.15) is 12.4 Å². The number of nitrogens with one attached hydrogen (secondary N) is 2. The van der Waals surface area contributed by atoms with E-state index in [0.29, 0.717) is 5.75 Å². The first-order chi connectivity index (χ1) is 12.4. The van der Waals surface area contributed by atoms with Crippen LogP contribution in [0.25, 0.3) is 0 Å². The van der Waals surface area contributed by atoms with Crippen molar-refractivity contribution >= 4 is 18.0 Å². The summed E-state index contributed by atoms with van der Waals surface area (Å²) in [7, 11) is 0. The van der Waals surface area contributed by atoms with E-state index in [1.165, 1.54) is 0 Å². The Balaban J connectivity index is 2.04. The summed E-state index contributed by atoms with van der Waals surface area (Å²) in [6.45, 7) is 4.80. The molecule has 8 heteroatoms. The van der Waals surface area contributed by atoms with Gasteiger partial charge in [0.15, 0.2) is 6.10 Å². The van der Waals surface area contributed by atoms with Crippen LogP contribution in [0.3, 0.4) is 0 Å². The van der Waals surface area contributed by atoms with Crippen LogP contribution in [0.5, 0.6) is 5.75 Å². The van der Waals surface area contributed by atoms with Gasteiger partial charge < -0.3 is 24.8 Å². The van der Waals surface area contributed by atoms with Crippen molar-refractivity contribution in [3.63, 3.8) is 0 Å². The molecule has 26 heavy (non-hydrogen) atoms. The van der Waals surface area contributed by atoms with Crippen molar-refractivity contribution in [3.8, 4) is 5.75 Å². The fourth-order valence-corrected chi connectivity index (χ4v) is 2.41. The van der Waals surface area contributed by atoms with Gasteiger partial charge in [-0.15, -0.1) is 0 Å². The van der Waals surface area contributed by atoms with E-state index in [2.05, 4.69) is 10.6 Å². The van der Waals surface area contributed by atoms with Crippen LogP contribution in [-0.2, 0) is 19.1 Å². The Bertz CT molecular complexity index is 701. The van der Waals surface area contributed by atoms with Gasteiger partial charge in [-0.05, 0) is 32.9 Å². The van der Waals surface area contributed by atoms with Crippen LogP contribution < -0.4 is 15.4 Å². The Hall–Kier alpha value is -3.03. The molecule has 1 aliphatic heterocycles.